The van der Waals surface area contributed by atoms with E-state index < -0.39 is 0 Å². The molecular formula is C19H21BrN2O3. The highest BCUT2D eigenvalue weighted by Gasteiger charge is 2.10. The summed E-state index contributed by atoms with van der Waals surface area (Å²) in [6.07, 6.45) is 0. The minimum absolute atomic E-state index is 0.0759. The molecule has 0 saturated heterocycles. The molecule has 5 nitrogen and oxygen atoms in total. The number of aryl methyl sites for hydroxylation is 2. The van der Waals surface area contributed by atoms with Gasteiger partial charge in [0.2, 0.25) is 5.91 Å². The van der Waals surface area contributed by atoms with Crippen LogP contribution in [0.25, 0.3) is 0 Å². The summed E-state index contributed by atoms with van der Waals surface area (Å²) in [7, 11) is 1.69. The second-order valence-corrected chi connectivity index (χ2v) is 6.75. The smallest absolute Gasteiger partial charge is 0.262 e. The van der Waals surface area contributed by atoms with Gasteiger partial charge in [-0.3, -0.25) is 9.59 Å². The van der Waals surface area contributed by atoms with Gasteiger partial charge in [-0.25, -0.2) is 0 Å². The Bertz CT molecular complexity index is 782. The first-order chi connectivity index (χ1) is 11.8. The number of halogens is 1. The highest BCUT2D eigenvalue weighted by Crippen LogP contribution is 2.27. The molecule has 25 heavy (non-hydrogen) atoms. The van der Waals surface area contributed by atoms with E-state index in [-0.39, 0.29) is 18.4 Å². The van der Waals surface area contributed by atoms with Gasteiger partial charge in [0.15, 0.2) is 6.61 Å². The van der Waals surface area contributed by atoms with Gasteiger partial charge in [0.25, 0.3) is 5.91 Å². The fraction of sp³-hybridized carbons (Fsp3) is 0.263. The molecule has 2 aromatic carbocycles. The van der Waals surface area contributed by atoms with Crippen LogP contribution in [0.1, 0.15) is 18.1 Å². The Morgan fingerprint density at radius 1 is 1.16 bits per heavy atom. The Balaban J connectivity index is 2.02. The van der Waals surface area contributed by atoms with Crippen LogP contribution in [-0.4, -0.2) is 25.5 Å². The number of ether oxygens (including phenoxy) is 1. The number of benzene rings is 2. The Kier molecular flexibility index (Phi) is 6.20. The normalized spacial score (nSPS) is 10.3. The first kappa shape index (κ1) is 19.0. The zero-order valence-electron chi connectivity index (χ0n) is 14.7. The summed E-state index contributed by atoms with van der Waals surface area (Å²) in [5.41, 5.74) is 3.25. The molecule has 0 atom stereocenters. The molecule has 0 heterocycles. The number of carbonyl (C=O) groups is 2. The summed E-state index contributed by atoms with van der Waals surface area (Å²) < 4.78 is 6.65. The Hall–Kier alpha value is -2.34. The molecule has 1 N–H and O–H groups in total. The third-order valence-electron chi connectivity index (χ3n) is 3.76. The lowest BCUT2D eigenvalue weighted by Crippen LogP contribution is -2.23. The fourth-order valence-corrected chi connectivity index (χ4v) is 3.12. The lowest BCUT2D eigenvalue weighted by atomic mass is 10.1. The zero-order valence-corrected chi connectivity index (χ0v) is 16.3. The molecule has 2 amide bonds. The summed E-state index contributed by atoms with van der Waals surface area (Å²) in [5.74, 6) is 0.376. The average molecular weight is 405 g/mol. The lowest BCUT2D eigenvalue weighted by Gasteiger charge is -2.16. The second-order valence-electron chi connectivity index (χ2n) is 5.83. The number of hydrogen-bond acceptors (Lipinski definition) is 3. The van der Waals surface area contributed by atoms with Crippen LogP contribution in [0.4, 0.5) is 11.4 Å². The summed E-state index contributed by atoms with van der Waals surface area (Å²) >= 11 is 3.44. The number of hydrogen-bond donors (Lipinski definition) is 1. The van der Waals surface area contributed by atoms with Crippen molar-refractivity contribution in [1.82, 2.24) is 0 Å². The van der Waals surface area contributed by atoms with E-state index >= 15 is 0 Å². The van der Waals surface area contributed by atoms with Crippen molar-refractivity contribution in [3.63, 3.8) is 0 Å². The predicted octanol–water partition coefficient (Wildman–Crippen LogP) is 4.07. The largest absolute Gasteiger partial charge is 0.483 e. The van der Waals surface area contributed by atoms with Crippen LogP contribution in [0.15, 0.2) is 40.9 Å². The molecule has 6 heteroatoms. The number of rotatable bonds is 5. The quantitative estimate of drug-likeness (QED) is 0.816. The number of nitrogens with one attached hydrogen (secondary N) is 1. The summed E-state index contributed by atoms with van der Waals surface area (Å²) in [5, 5.41) is 2.79. The monoisotopic (exact) mass is 404 g/mol. The van der Waals surface area contributed by atoms with Crippen LogP contribution < -0.4 is 15.0 Å². The lowest BCUT2D eigenvalue weighted by molar-refractivity contribution is -0.118. The van der Waals surface area contributed by atoms with Gasteiger partial charge in [0.05, 0.1) is 0 Å². The molecule has 0 saturated carbocycles. The molecule has 0 aliphatic carbocycles. The van der Waals surface area contributed by atoms with Gasteiger partial charge in [-0.05, 0) is 55.3 Å². The molecule has 0 bridgehead atoms. The van der Waals surface area contributed by atoms with E-state index in [4.69, 9.17) is 4.74 Å². The minimum atomic E-state index is -0.260. The van der Waals surface area contributed by atoms with Gasteiger partial charge in [0, 0.05) is 29.8 Å². The van der Waals surface area contributed by atoms with Gasteiger partial charge in [-0.15, -0.1) is 0 Å². The van der Waals surface area contributed by atoms with Crippen molar-refractivity contribution in [2.75, 3.05) is 23.9 Å². The van der Waals surface area contributed by atoms with E-state index in [0.717, 1.165) is 15.6 Å². The highest BCUT2D eigenvalue weighted by atomic mass is 79.9. The molecule has 0 aliphatic rings. The van der Waals surface area contributed by atoms with Crippen molar-refractivity contribution in [2.45, 2.75) is 20.8 Å². The van der Waals surface area contributed by atoms with Gasteiger partial charge in [0.1, 0.15) is 5.75 Å². The third-order valence-corrected chi connectivity index (χ3v) is 4.22. The van der Waals surface area contributed by atoms with E-state index in [1.807, 2.05) is 32.0 Å². The molecule has 0 aliphatic heterocycles. The molecule has 132 valence electrons. The molecule has 2 aromatic rings. The van der Waals surface area contributed by atoms with Gasteiger partial charge in [-0.2, -0.15) is 0 Å². The molecule has 0 radical (unpaired) electrons. The van der Waals surface area contributed by atoms with Crippen LogP contribution in [-0.2, 0) is 9.59 Å². The highest BCUT2D eigenvalue weighted by molar-refractivity contribution is 9.10. The van der Waals surface area contributed by atoms with Gasteiger partial charge >= 0.3 is 0 Å². The number of nitrogens with zero attached hydrogens (tertiary/aromatic N) is 1. The van der Waals surface area contributed by atoms with E-state index in [1.54, 1.807) is 25.2 Å². The van der Waals surface area contributed by atoms with Gasteiger partial charge in [-0.1, -0.05) is 22.0 Å². The fourth-order valence-electron chi connectivity index (χ4n) is 2.43. The van der Waals surface area contributed by atoms with Crippen LogP contribution in [0.5, 0.6) is 5.75 Å². The SMILES string of the molecule is CC(=O)N(C)c1cccc(NC(=O)COc2c(C)cc(Br)cc2C)c1. The maximum atomic E-state index is 12.2. The predicted molar refractivity (Wildman–Crippen MR) is 103 cm³/mol. The molecule has 0 fully saturated rings. The Labute approximate surface area is 156 Å². The molecular weight excluding hydrogens is 384 g/mol. The van der Waals surface area contributed by atoms with Crippen LogP contribution in [0, 0.1) is 13.8 Å². The Morgan fingerprint density at radius 3 is 2.40 bits per heavy atom. The third kappa shape index (κ3) is 5.06. The number of carbonyl (C=O) groups excluding carboxylic acids is 2. The molecule has 2 rings (SSSR count). The standard InChI is InChI=1S/C19H21BrN2O3/c1-12-8-15(20)9-13(2)19(12)25-11-18(24)21-16-6-5-7-17(10-16)22(4)14(3)23/h5-10H,11H2,1-4H3,(H,21,24). The van der Waals surface area contributed by atoms with Gasteiger partial charge < -0.3 is 15.0 Å². The first-order valence-corrected chi connectivity index (χ1v) is 8.61. The maximum absolute atomic E-state index is 12.2. The second kappa shape index (κ2) is 8.16. The topological polar surface area (TPSA) is 58.6 Å². The maximum Gasteiger partial charge on any atom is 0.262 e. The number of amides is 2. The summed E-state index contributed by atoms with van der Waals surface area (Å²) in [6.45, 7) is 5.27. The first-order valence-electron chi connectivity index (χ1n) is 7.81. The van der Waals surface area contributed by atoms with Crippen molar-refractivity contribution in [3.05, 3.63) is 52.0 Å². The van der Waals surface area contributed by atoms with Crippen LogP contribution in [0.2, 0.25) is 0 Å². The van der Waals surface area contributed by atoms with E-state index in [0.29, 0.717) is 17.1 Å². The molecule has 0 aromatic heterocycles. The molecule has 0 unspecified atom stereocenters. The van der Waals surface area contributed by atoms with Crippen molar-refractivity contribution in [1.29, 1.82) is 0 Å². The zero-order chi connectivity index (χ0) is 18.6. The summed E-state index contributed by atoms with van der Waals surface area (Å²) in [4.78, 5) is 25.1. The summed E-state index contributed by atoms with van der Waals surface area (Å²) in [6, 6.07) is 11.0. The van der Waals surface area contributed by atoms with Crippen molar-refractivity contribution < 1.29 is 14.3 Å². The van der Waals surface area contributed by atoms with Crippen LogP contribution >= 0.6 is 15.9 Å². The van der Waals surface area contributed by atoms with Crippen molar-refractivity contribution >= 4 is 39.1 Å². The minimum Gasteiger partial charge on any atom is -0.483 e. The average Bonchev–Trinajstić information content (AvgIpc) is 2.53. The van der Waals surface area contributed by atoms with E-state index in [9.17, 15) is 9.59 Å². The van der Waals surface area contributed by atoms with Crippen molar-refractivity contribution in [3.8, 4) is 5.75 Å². The molecule has 0 spiro atoms. The van der Waals surface area contributed by atoms with E-state index in [1.165, 1.54) is 11.8 Å². The number of anilines is 2. The van der Waals surface area contributed by atoms with Crippen LogP contribution in [0.3, 0.4) is 0 Å². The Morgan fingerprint density at radius 2 is 1.80 bits per heavy atom. The van der Waals surface area contributed by atoms with E-state index in [2.05, 4.69) is 21.2 Å². The van der Waals surface area contributed by atoms with Crippen molar-refractivity contribution in [2.24, 2.45) is 0 Å².